The van der Waals surface area contributed by atoms with Crippen LogP contribution in [-0.4, -0.2) is 4.98 Å². The SMILES string of the molecule is Cc1ccc(OCc2ccc(CN)cc2F)cn1. The summed E-state index contributed by atoms with van der Waals surface area (Å²) in [6.45, 7) is 2.41. The Labute approximate surface area is 105 Å². The number of aromatic nitrogens is 1. The van der Waals surface area contributed by atoms with Crippen molar-refractivity contribution >= 4 is 0 Å². The molecular weight excluding hydrogens is 231 g/mol. The third-order valence-corrected chi connectivity index (χ3v) is 2.63. The lowest BCUT2D eigenvalue weighted by atomic mass is 10.1. The maximum absolute atomic E-state index is 13.7. The van der Waals surface area contributed by atoms with E-state index >= 15 is 0 Å². The number of hydrogen-bond donors (Lipinski definition) is 1. The van der Waals surface area contributed by atoms with Crippen LogP contribution in [0.15, 0.2) is 36.5 Å². The van der Waals surface area contributed by atoms with Gasteiger partial charge in [-0.15, -0.1) is 0 Å². The predicted molar refractivity (Wildman–Crippen MR) is 67.6 cm³/mol. The van der Waals surface area contributed by atoms with E-state index in [-0.39, 0.29) is 12.4 Å². The summed E-state index contributed by atoms with van der Waals surface area (Å²) >= 11 is 0. The minimum absolute atomic E-state index is 0.182. The normalized spacial score (nSPS) is 10.4. The molecule has 0 saturated carbocycles. The number of benzene rings is 1. The van der Waals surface area contributed by atoms with Crippen LogP contribution in [0.25, 0.3) is 0 Å². The number of rotatable bonds is 4. The molecule has 0 saturated heterocycles. The van der Waals surface area contributed by atoms with Crippen molar-refractivity contribution in [1.82, 2.24) is 4.98 Å². The van der Waals surface area contributed by atoms with Crippen LogP contribution in [0.2, 0.25) is 0 Å². The molecule has 0 unspecified atom stereocenters. The molecule has 0 atom stereocenters. The number of aryl methyl sites for hydroxylation is 1. The second-order valence-electron chi connectivity index (χ2n) is 4.05. The van der Waals surface area contributed by atoms with Gasteiger partial charge in [-0.05, 0) is 30.7 Å². The van der Waals surface area contributed by atoms with E-state index in [2.05, 4.69) is 4.98 Å². The summed E-state index contributed by atoms with van der Waals surface area (Å²) in [5.41, 5.74) is 7.64. The van der Waals surface area contributed by atoms with Gasteiger partial charge < -0.3 is 10.5 Å². The van der Waals surface area contributed by atoms with Crippen LogP contribution in [0, 0.1) is 12.7 Å². The third-order valence-electron chi connectivity index (χ3n) is 2.63. The van der Waals surface area contributed by atoms with E-state index in [9.17, 15) is 4.39 Å². The molecule has 1 aromatic heterocycles. The average Bonchev–Trinajstić information content (AvgIpc) is 2.39. The zero-order valence-corrected chi connectivity index (χ0v) is 10.2. The third kappa shape index (κ3) is 3.05. The van der Waals surface area contributed by atoms with Crippen LogP contribution < -0.4 is 10.5 Å². The second-order valence-corrected chi connectivity index (χ2v) is 4.05. The molecule has 0 fully saturated rings. The summed E-state index contributed by atoms with van der Waals surface area (Å²) in [4.78, 5) is 4.11. The molecule has 1 heterocycles. The summed E-state index contributed by atoms with van der Waals surface area (Å²) in [5, 5.41) is 0. The molecule has 94 valence electrons. The van der Waals surface area contributed by atoms with E-state index in [1.807, 2.05) is 19.1 Å². The molecule has 2 N–H and O–H groups in total. The van der Waals surface area contributed by atoms with Gasteiger partial charge in [0.1, 0.15) is 18.2 Å². The Morgan fingerprint density at radius 2 is 2.11 bits per heavy atom. The summed E-state index contributed by atoms with van der Waals surface area (Å²) in [5.74, 6) is 0.334. The quantitative estimate of drug-likeness (QED) is 0.902. The Balaban J connectivity index is 2.04. The number of halogens is 1. The van der Waals surface area contributed by atoms with Gasteiger partial charge in [0.2, 0.25) is 0 Å². The Morgan fingerprint density at radius 3 is 2.72 bits per heavy atom. The number of pyridine rings is 1. The van der Waals surface area contributed by atoms with Gasteiger partial charge in [-0.3, -0.25) is 4.98 Å². The van der Waals surface area contributed by atoms with Crippen molar-refractivity contribution in [2.75, 3.05) is 0 Å². The minimum atomic E-state index is -0.293. The van der Waals surface area contributed by atoms with Gasteiger partial charge in [0.15, 0.2) is 0 Å². The van der Waals surface area contributed by atoms with Gasteiger partial charge in [0, 0.05) is 17.8 Å². The molecule has 0 aliphatic carbocycles. The summed E-state index contributed by atoms with van der Waals surface area (Å²) in [6.07, 6.45) is 1.63. The van der Waals surface area contributed by atoms with Crippen molar-refractivity contribution < 1.29 is 9.13 Å². The molecule has 0 radical (unpaired) electrons. The monoisotopic (exact) mass is 246 g/mol. The maximum atomic E-state index is 13.7. The number of hydrogen-bond acceptors (Lipinski definition) is 3. The lowest BCUT2D eigenvalue weighted by Crippen LogP contribution is -2.02. The number of nitrogens with two attached hydrogens (primary N) is 1. The Bertz CT molecular complexity index is 526. The first-order chi connectivity index (χ1) is 8.69. The highest BCUT2D eigenvalue weighted by Crippen LogP contribution is 2.15. The van der Waals surface area contributed by atoms with E-state index in [4.69, 9.17) is 10.5 Å². The average molecular weight is 246 g/mol. The predicted octanol–water partition coefficient (Wildman–Crippen LogP) is 2.57. The van der Waals surface area contributed by atoms with Crippen LogP contribution in [0.5, 0.6) is 5.75 Å². The molecule has 0 spiro atoms. The largest absolute Gasteiger partial charge is 0.487 e. The molecular formula is C14H15FN2O. The highest BCUT2D eigenvalue weighted by Gasteiger charge is 2.04. The van der Waals surface area contributed by atoms with Gasteiger partial charge >= 0.3 is 0 Å². The highest BCUT2D eigenvalue weighted by atomic mass is 19.1. The van der Waals surface area contributed by atoms with E-state index in [0.717, 1.165) is 11.3 Å². The molecule has 0 aliphatic heterocycles. The molecule has 0 aliphatic rings. The molecule has 2 aromatic rings. The number of nitrogens with zero attached hydrogens (tertiary/aromatic N) is 1. The Kier molecular flexibility index (Phi) is 3.89. The van der Waals surface area contributed by atoms with Crippen LogP contribution in [0.1, 0.15) is 16.8 Å². The summed E-state index contributed by atoms with van der Waals surface area (Å²) in [6, 6.07) is 8.60. The Morgan fingerprint density at radius 1 is 1.28 bits per heavy atom. The molecule has 0 amide bonds. The van der Waals surface area contributed by atoms with Gasteiger partial charge in [0.05, 0.1) is 6.20 Å². The molecule has 18 heavy (non-hydrogen) atoms. The molecule has 4 heteroatoms. The lowest BCUT2D eigenvalue weighted by molar-refractivity contribution is 0.298. The first-order valence-electron chi connectivity index (χ1n) is 5.72. The van der Waals surface area contributed by atoms with Crippen molar-refractivity contribution in [3.8, 4) is 5.75 Å². The maximum Gasteiger partial charge on any atom is 0.138 e. The zero-order chi connectivity index (χ0) is 13.0. The first kappa shape index (κ1) is 12.5. The zero-order valence-electron chi connectivity index (χ0n) is 10.2. The van der Waals surface area contributed by atoms with Crippen molar-refractivity contribution in [3.63, 3.8) is 0 Å². The smallest absolute Gasteiger partial charge is 0.138 e. The van der Waals surface area contributed by atoms with E-state index in [0.29, 0.717) is 17.9 Å². The van der Waals surface area contributed by atoms with Gasteiger partial charge in [-0.1, -0.05) is 12.1 Å². The van der Waals surface area contributed by atoms with Crippen LogP contribution in [0.4, 0.5) is 4.39 Å². The molecule has 1 aromatic carbocycles. The fourth-order valence-electron chi connectivity index (χ4n) is 1.54. The fourth-order valence-corrected chi connectivity index (χ4v) is 1.54. The van der Waals surface area contributed by atoms with E-state index in [1.165, 1.54) is 6.07 Å². The minimum Gasteiger partial charge on any atom is -0.487 e. The Hall–Kier alpha value is -1.94. The van der Waals surface area contributed by atoms with E-state index < -0.39 is 0 Å². The topological polar surface area (TPSA) is 48.1 Å². The fraction of sp³-hybridized carbons (Fsp3) is 0.214. The summed E-state index contributed by atoms with van der Waals surface area (Å²) < 4.78 is 19.1. The van der Waals surface area contributed by atoms with Crippen molar-refractivity contribution in [3.05, 3.63) is 59.2 Å². The lowest BCUT2D eigenvalue weighted by Gasteiger charge is -2.08. The second kappa shape index (κ2) is 5.60. The van der Waals surface area contributed by atoms with Crippen molar-refractivity contribution in [1.29, 1.82) is 0 Å². The van der Waals surface area contributed by atoms with Gasteiger partial charge in [-0.2, -0.15) is 0 Å². The number of ether oxygens (including phenoxy) is 1. The first-order valence-corrected chi connectivity index (χ1v) is 5.72. The van der Waals surface area contributed by atoms with Gasteiger partial charge in [-0.25, -0.2) is 4.39 Å². The van der Waals surface area contributed by atoms with Crippen molar-refractivity contribution in [2.24, 2.45) is 5.73 Å². The van der Waals surface area contributed by atoms with E-state index in [1.54, 1.807) is 18.3 Å². The van der Waals surface area contributed by atoms with Crippen LogP contribution in [-0.2, 0) is 13.2 Å². The molecule has 0 bridgehead atoms. The van der Waals surface area contributed by atoms with Crippen molar-refractivity contribution in [2.45, 2.75) is 20.1 Å². The van der Waals surface area contributed by atoms with Crippen LogP contribution >= 0.6 is 0 Å². The summed E-state index contributed by atoms with van der Waals surface area (Å²) in [7, 11) is 0. The van der Waals surface area contributed by atoms with Crippen LogP contribution in [0.3, 0.4) is 0 Å². The molecule has 2 rings (SSSR count). The van der Waals surface area contributed by atoms with Gasteiger partial charge in [0.25, 0.3) is 0 Å². The molecule has 3 nitrogen and oxygen atoms in total. The standard InChI is InChI=1S/C14H15FN2O/c1-10-2-5-13(8-17-10)18-9-12-4-3-11(7-16)6-14(12)15/h2-6,8H,7,9,16H2,1H3. The highest BCUT2D eigenvalue weighted by molar-refractivity contribution is 5.25.